The van der Waals surface area contributed by atoms with Gasteiger partial charge in [0.15, 0.2) is 0 Å². The van der Waals surface area contributed by atoms with Crippen molar-refractivity contribution in [2.24, 2.45) is 17.6 Å². The van der Waals surface area contributed by atoms with Crippen molar-refractivity contribution in [1.82, 2.24) is 0 Å². The van der Waals surface area contributed by atoms with E-state index < -0.39 is 0 Å². The van der Waals surface area contributed by atoms with Gasteiger partial charge in [0.25, 0.3) is 0 Å². The van der Waals surface area contributed by atoms with Gasteiger partial charge in [-0.2, -0.15) is 0 Å². The Morgan fingerprint density at radius 3 is 2.46 bits per heavy atom. The fourth-order valence-corrected chi connectivity index (χ4v) is 2.41. The van der Waals surface area contributed by atoms with Crippen LogP contribution in [-0.4, -0.2) is 6.54 Å². The Hall–Kier alpha value is -0.300. The quantitative estimate of drug-likeness (QED) is 0.663. The predicted octanol–water partition coefficient (Wildman–Crippen LogP) is 3.11. The molecule has 0 aromatic rings. The van der Waals surface area contributed by atoms with Crippen molar-refractivity contribution in [3.05, 3.63) is 12.2 Å². The molecule has 0 amide bonds. The van der Waals surface area contributed by atoms with Gasteiger partial charge >= 0.3 is 0 Å². The fraction of sp³-hybridized carbons (Fsp3) is 0.833. The van der Waals surface area contributed by atoms with Crippen molar-refractivity contribution in [2.75, 3.05) is 6.54 Å². The van der Waals surface area contributed by atoms with E-state index >= 15 is 0 Å². The number of rotatable bonds is 4. The van der Waals surface area contributed by atoms with Crippen LogP contribution in [0.1, 0.15) is 45.4 Å². The molecule has 0 bridgehead atoms. The summed E-state index contributed by atoms with van der Waals surface area (Å²) in [7, 11) is 0. The summed E-state index contributed by atoms with van der Waals surface area (Å²) in [6, 6.07) is 0. The highest BCUT2D eigenvalue weighted by molar-refractivity contribution is 4.89. The lowest BCUT2D eigenvalue weighted by Crippen LogP contribution is -2.26. The van der Waals surface area contributed by atoms with Crippen molar-refractivity contribution < 1.29 is 0 Å². The highest BCUT2D eigenvalue weighted by Gasteiger charge is 2.23. The van der Waals surface area contributed by atoms with Gasteiger partial charge in [-0.3, -0.25) is 0 Å². The van der Waals surface area contributed by atoms with E-state index in [2.05, 4.69) is 13.5 Å². The summed E-state index contributed by atoms with van der Waals surface area (Å²) in [5.74, 6) is 1.68. The first kappa shape index (κ1) is 10.8. The van der Waals surface area contributed by atoms with Crippen LogP contribution in [0.25, 0.3) is 0 Å². The summed E-state index contributed by atoms with van der Waals surface area (Å²) in [5, 5.41) is 0. The lowest BCUT2D eigenvalue weighted by Gasteiger charge is -2.30. The van der Waals surface area contributed by atoms with Crippen LogP contribution < -0.4 is 5.73 Å². The number of nitrogens with two attached hydrogens (primary N) is 1. The molecule has 13 heavy (non-hydrogen) atoms. The maximum atomic E-state index is 5.78. The first-order valence-corrected chi connectivity index (χ1v) is 5.58. The summed E-state index contributed by atoms with van der Waals surface area (Å²) in [6.45, 7) is 6.97. The average molecular weight is 181 g/mol. The second kappa shape index (κ2) is 5.43. The molecule has 2 atom stereocenters. The normalized spacial score (nSPS) is 28.8. The minimum absolute atomic E-state index is 0.799. The molecule has 0 saturated heterocycles. The largest absolute Gasteiger partial charge is 0.330 e. The minimum atomic E-state index is 0.799. The molecule has 0 aliphatic heterocycles. The van der Waals surface area contributed by atoms with E-state index in [1.54, 1.807) is 0 Å². The molecule has 1 nitrogen and oxygen atoms in total. The number of hydrogen-bond acceptors (Lipinski definition) is 1. The van der Waals surface area contributed by atoms with Crippen LogP contribution in [0.4, 0.5) is 0 Å². The summed E-state index contributed by atoms with van der Waals surface area (Å²) in [6.07, 6.45) is 8.08. The molecule has 1 heteroatoms. The van der Waals surface area contributed by atoms with Gasteiger partial charge in [-0.05, 0) is 44.6 Å². The maximum absolute atomic E-state index is 5.78. The molecular weight excluding hydrogens is 158 g/mol. The third-order valence-electron chi connectivity index (χ3n) is 3.31. The van der Waals surface area contributed by atoms with E-state index in [1.165, 1.54) is 44.1 Å². The molecule has 2 unspecified atom stereocenters. The van der Waals surface area contributed by atoms with Crippen LogP contribution in [0, 0.1) is 11.8 Å². The number of allylic oxidation sites excluding steroid dienone is 1. The highest BCUT2D eigenvalue weighted by atomic mass is 14.6. The summed E-state index contributed by atoms with van der Waals surface area (Å²) >= 11 is 0. The van der Waals surface area contributed by atoms with Crippen LogP contribution in [-0.2, 0) is 0 Å². The van der Waals surface area contributed by atoms with Gasteiger partial charge in [0.2, 0.25) is 0 Å². The highest BCUT2D eigenvalue weighted by Crippen LogP contribution is 2.33. The van der Waals surface area contributed by atoms with E-state index in [0.29, 0.717) is 0 Å². The molecule has 2 N–H and O–H groups in total. The molecule has 1 aliphatic carbocycles. The Morgan fingerprint density at radius 1 is 1.31 bits per heavy atom. The van der Waals surface area contributed by atoms with Gasteiger partial charge in [-0.1, -0.05) is 24.8 Å². The predicted molar refractivity (Wildman–Crippen MR) is 58.6 cm³/mol. The van der Waals surface area contributed by atoms with Crippen molar-refractivity contribution in [2.45, 2.75) is 45.4 Å². The fourth-order valence-electron chi connectivity index (χ4n) is 2.41. The monoisotopic (exact) mass is 181 g/mol. The van der Waals surface area contributed by atoms with Gasteiger partial charge in [-0.15, -0.1) is 6.58 Å². The van der Waals surface area contributed by atoms with Gasteiger partial charge in [0, 0.05) is 0 Å². The molecule has 0 aromatic carbocycles. The second-order valence-corrected chi connectivity index (χ2v) is 4.54. The van der Waals surface area contributed by atoms with Crippen LogP contribution in [0.15, 0.2) is 12.2 Å². The smallest absolute Gasteiger partial charge is 0.00462 e. The summed E-state index contributed by atoms with van der Waals surface area (Å²) < 4.78 is 0. The molecule has 0 radical (unpaired) electrons. The van der Waals surface area contributed by atoms with Crippen LogP contribution in [0.2, 0.25) is 0 Å². The van der Waals surface area contributed by atoms with Crippen molar-refractivity contribution in [1.29, 1.82) is 0 Å². The van der Waals surface area contributed by atoms with Gasteiger partial charge in [0.1, 0.15) is 0 Å². The standard InChI is InChI=1S/C12H23N/c1-10(2)7-8-11-5-3-4-6-12(11)9-13/h11-12H,1,3-9,13H2,2H3. The first-order valence-electron chi connectivity index (χ1n) is 5.58. The van der Waals surface area contributed by atoms with Crippen molar-refractivity contribution >= 4 is 0 Å². The topological polar surface area (TPSA) is 26.0 Å². The van der Waals surface area contributed by atoms with Crippen LogP contribution >= 0.6 is 0 Å². The summed E-state index contributed by atoms with van der Waals surface area (Å²) in [5.41, 5.74) is 7.10. The zero-order valence-corrected chi connectivity index (χ0v) is 8.89. The van der Waals surface area contributed by atoms with Gasteiger partial charge < -0.3 is 5.73 Å². The zero-order valence-electron chi connectivity index (χ0n) is 8.89. The van der Waals surface area contributed by atoms with Gasteiger partial charge in [-0.25, -0.2) is 0 Å². The minimum Gasteiger partial charge on any atom is -0.330 e. The lowest BCUT2D eigenvalue weighted by atomic mass is 9.76. The average Bonchev–Trinajstić information content (AvgIpc) is 2.15. The number of hydrogen-bond donors (Lipinski definition) is 1. The second-order valence-electron chi connectivity index (χ2n) is 4.54. The molecule has 1 aliphatic rings. The Bertz CT molecular complexity index is 163. The maximum Gasteiger partial charge on any atom is -0.00462 e. The molecule has 1 rings (SSSR count). The van der Waals surface area contributed by atoms with Crippen molar-refractivity contribution in [3.63, 3.8) is 0 Å². The lowest BCUT2D eigenvalue weighted by molar-refractivity contribution is 0.230. The van der Waals surface area contributed by atoms with Crippen molar-refractivity contribution in [3.8, 4) is 0 Å². The Kier molecular flexibility index (Phi) is 4.51. The Labute approximate surface area is 82.4 Å². The zero-order chi connectivity index (χ0) is 9.68. The molecule has 1 fully saturated rings. The van der Waals surface area contributed by atoms with E-state index in [0.717, 1.165) is 18.4 Å². The Balaban J connectivity index is 2.31. The summed E-state index contributed by atoms with van der Waals surface area (Å²) in [4.78, 5) is 0. The molecular formula is C12H23N. The van der Waals surface area contributed by atoms with E-state index in [-0.39, 0.29) is 0 Å². The molecule has 1 saturated carbocycles. The third-order valence-corrected chi connectivity index (χ3v) is 3.31. The molecule has 76 valence electrons. The van der Waals surface area contributed by atoms with E-state index in [4.69, 9.17) is 5.73 Å². The van der Waals surface area contributed by atoms with Gasteiger partial charge in [0.05, 0.1) is 0 Å². The van der Waals surface area contributed by atoms with E-state index in [1.807, 2.05) is 0 Å². The molecule has 0 aromatic heterocycles. The first-order chi connectivity index (χ1) is 6.24. The van der Waals surface area contributed by atoms with Crippen LogP contribution in [0.5, 0.6) is 0 Å². The molecule has 0 spiro atoms. The van der Waals surface area contributed by atoms with E-state index in [9.17, 15) is 0 Å². The molecule has 0 heterocycles. The Morgan fingerprint density at radius 2 is 1.92 bits per heavy atom. The SMILES string of the molecule is C=C(C)CCC1CCCCC1CN. The third kappa shape index (κ3) is 3.51. The van der Waals surface area contributed by atoms with Crippen LogP contribution in [0.3, 0.4) is 0 Å².